The van der Waals surface area contributed by atoms with Crippen LogP contribution in [0.3, 0.4) is 0 Å². The Hall–Kier alpha value is -0.610. The van der Waals surface area contributed by atoms with E-state index in [1.54, 1.807) is 7.05 Å². The van der Waals surface area contributed by atoms with Gasteiger partial charge in [0.1, 0.15) is 12.1 Å². The first-order valence-electron chi connectivity index (χ1n) is 3.26. The van der Waals surface area contributed by atoms with Crippen molar-refractivity contribution in [2.24, 2.45) is 0 Å². The van der Waals surface area contributed by atoms with E-state index in [1.807, 2.05) is 0 Å². The van der Waals surface area contributed by atoms with Gasteiger partial charge < -0.3 is 15.2 Å². The highest BCUT2D eigenvalue weighted by molar-refractivity contribution is 5.77. The van der Waals surface area contributed by atoms with Gasteiger partial charge in [0.2, 0.25) is 0 Å². The summed E-state index contributed by atoms with van der Waals surface area (Å²) in [5.41, 5.74) is 0. The Balaban J connectivity index is 2.44. The van der Waals surface area contributed by atoms with Crippen molar-refractivity contribution in [3.8, 4) is 0 Å². The Labute approximate surface area is 59.2 Å². The van der Waals surface area contributed by atoms with Gasteiger partial charge in [0.05, 0.1) is 6.61 Å². The van der Waals surface area contributed by atoms with Gasteiger partial charge in [-0.2, -0.15) is 0 Å². The number of hydrogen-bond acceptors (Lipinski definition) is 4. The number of carbonyl (C=O) groups excluding carboxylic acids is 1. The maximum absolute atomic E-state index is 10.8. The molecule has 0 saturated carbocycles. The average molecular weight is 145 g/mol. The van der Waals surface area contributed by atoms with E-state index < -0.39 is 0 Å². The molecule has 2 atom stereocenters. The Morgan fingerprint density at radius 2 is 2.60 bits per heavy atom. The minimum Gasteiger partial charge on any atom is -0.459 e. The highest BCUT2D eigenvalue weighted by Gasteiger charge is 2.32. The molecule has 0 aromatic carbocycles. The summed E-state index contributed by atoms with van der Waals surface area (Å²) in [6.45, 7) is -0.0794. The number of likely N-dealkylation sites (N-methyl/N-ethyl adjacent to an activating group) is 1. The van der Waals surface area contributed by atoms with Gasteiger partial charge >= 0.3 is 5.97 Å². The van der Waals surface area contributed by atoms with E-state index >= 15 is 0 Å². The van der Waals surface area contributed by atoms with Crippen molar-refractivity contribution in [1.29, 1.82) is 0 Å². The standard InChI is InChI=1S/C6H11NO3/c1-7-5-2-4(3-8)10-6(5)9/h4-5,7-8H,2-3H2,1H3. The summed E-state index contributed by atoms with van der Waals surface area (Å²) in [4.78, 5) is 10.8. The monoisotopic (exact) mass is 145 g/mol. The fourth-order valence-electron chi connectivity index (χ4n) is 1.00. The molecule has 4 nitrogen and oxygen atoms in total. The molecule has 1 aliphatic heterocycles. The van der Waals surface area contributed by atoms with Crippen molar-refractivity contribution in [2.75, 3.05) is 13.7 Å². The minimum atomic E-state index is -0.301. The highest BCUT2D eigenvalue weighted by atomic mass is 16.6. The minimum absolute atomic E-state index is 0.0794. The molecule has 1 saturated heterocycles. The first kappa shape index (κ1) is 7.50. The summed E-state index contributed by atoms with van der Waals surface area (Å²) in [5.74, 6) is -0.262. The quantitative estimate of drug-likeness (QED) is 0.483. The molecule has 1 aliphatic rings. The fourth-order valence-corrected chi connectivity index (χ4v) is 1.00. The van der Waals surface area contributed by atoms with Gasteiger partial charge in [-0.25, -0.2) is 0 Å². The predicted octanol–water partition coefficient (Wildman–Crippen LogP) is -1.12. The Kier molecular flexibility index (Phi) is 2.24. The maximum atomic E-state index is 10.8. The number of ether oxygens (including phenoxy) is 1. The van der Waals surface area contributed by atoms with Crippen LogP contribution in [0.25, 0.3) is 0 Å². The summed E-state index contributed by atoms with van der Waals surface area (Å²) >= 11 is 0. The summed E-state index contributed by atoms with van der Waals surface area (Å²) in [5, 5.41) is 11.4. The zero-order valence-electron chi connectivity index (χ0n) is 5.83. The van der Waals surface area contributed by atoms with Gasteiger partial charge in [-0.15, -0.1) is 0 Å². The summed E-state index contributed by atoms with van der Waals surface area (Å²) < 4.78 is 4.76. The van der Waals surface area contributed by atoms with Crippen molar-refractivity contribution >= 4 is 5.97 Å². The number of hydrogen-bond donors (Lipinski definition) is 2. The lowest BCUT2D eigenvalue weighted by atomic mass is 10.2. The number of aliphatic hydroxyl groups is 1. The zero-order valence-corrected chi connectivity index (χ0v) is 5.83. The normalized spacial score (nSPS) is 32.4. The van der Waals surface area contributed by atoms with E-state index in [4.69, 9.17) is 9.84 Å². The Morgan fingerprint density at radius 1 is 1.90 bits per heavy atom. The summed E-state index contributed by atoms with van der Waals surface area (Å²) in [6.07, 6.45) is 0.274. The second-order valence-corrected chi connectivity index (χ2v) is 2.32. The number of carbonyl (C=O) groups is 1. The predicted molar refractivity (Wildman–Crippen MR) is 34.4 cm³/mol. The molecule has 1 fully saturated rings. The van der Waals surface area contributed by atoms with Crippen LogP contribution in [-0.2, 0) is 9.53 Å². The smallest absolute Gasteiger partial charge is 0.323 e. The molecule has 2 N–H and O–H groups in total. The molecule has 0 aromatic rings. The number of cyclic esters (lactones) is 1. The van der Waals surface area contributed by atoms with Crippen LogP contribution in [0.2, 0.25) is 0 Å². The average Bonchev–Trinajstić information content (AvgIpc) is 2.30. The van der Waals surface area contributed by atoms with Crippen LogP contribution in [0.1, 0.15) is 6.42 Å². The molecule has 58 valence electrons. The molecular weight excluding hydrogens is 134 g/mol. The van der Waals surface area contributed by atoms with Crippen molar-refractivity contribution < 1.29 is 14.6 Å². The number of rotatable bonds is 2. The van der Waals surface area contributed by atoms with E-state index in [2.05, 4.69) is 5.32 Å². The van der Waals surface area contributed by atoms with Crippen molar-refractivity contribution in [3.05, 3.63) is 0 Å². The molecule has 4 heteroatoms. The second-order valence-electron chi connectivity index (χ2n) is 2.32. The largest absolute Gasteiger partial charge is 0.459 e. The van der Waals surface area contributed by atoms with E-state index in [0.717, 1.165) is 0 Å². The summed E-state index contributed by atoms with van der Waals surface area (Å²) in [6, 6.07) is -0.225. The third-order valence-corrected chi connectivity index (χ3v) is 1.62. The Morgan fingerprint density at radius 3 is 2.90 bits per heavy atom. The lowest BCUT2D eigenvalue weighted by Crippen LogP contribution is -2.29. The van der Waals surface area contributed by atoms with Gasteiger partial charge in [0.25, 0.3) is 0 Å². The van der Waals surface area contributed by atoms with Gasteiger partial charge in [-0.3, -0.25) is 4.79 Å². The van der Waals surface area contributed by atoms with Crippen LogP contribution in [-0.4, -0.2) is 36.9 Å². The molecule has 0 aliphatic carbocycles. The number of esters is 1. The highest BCUT2D eigenvalue weighted by Crippen LogP contribution is 2.13. The fraction of sp³-hybridized carbons (Fsp3) is 0.833. The van der Waals surface area contributed by atoms with E-state index in [0.29, 0.717) is 6.42 Å². The molecule has 0 radical (unpaired) electrons. The SMILES string of the molecule is CNC1CC(CO)OC1=O. The topological polar surface area (TPSA) is 58.6 Å². The van der Waals surface area contributed by atoms with E-state index in [1.165, 1.54) is 0 Å². The van der Waals surface area contributed by atoms with Crippen LogP contribution in [0.4, 0.5) is 0 Å². The van der Waals surface area contributed by atoms with Crippen LogP contribution < -0.4 is 5.32 Å². The van der Waals surface area contributed by atoms with Gasteiger partial charge in [-0.1, -0.05) is 0 Å². The molecule has 1 rings (SSSR count). The summed E-state index contributed by atoms with van der Waals surface area (Å²) in [7, 11) is 1.70. The zero-order chi connectivity index (χ0) is 7.56. The molecule has 0 bridgehead atoms. The maximum Gasteiger partial charge on any atom is 0.323 e. The van der Waals surface area contributed by atoms with Gasteiger partial charge in [-0.05, 0) is 7.05 Å². The second kappa shape index (κ2) is 2.98. The van der Waals surface area contributed by atoms with E-state index in [9.17, 15) is 4.79 Å². The molecular formula is C6H11NO3. The van der Waals surface area contributed by atoms with Gasteiger partial charge in [0, 0.05) is 6.42 Å². The lowest BCUT2D eigenvalue weighted by molar-refractivity contribution is -0.144. The van der Waals surface area contributed by atoms with Crippen LogP contribution in [0.5, 0.6) is 0 Å². The molecule has 0 aromatic heterocycles. The van der Waals surface area contributed by atoms with Crippen molar-refractivity contribution in [1.82, 2.24) is 5.32 Å². The number of aliphatic hydroxyl groups excluding tert-OH is 1. The lowest BCUT2D eigenvalue weighted by Gasteiger charge is -2.01. The first-order chi connectivity index (χ1) is 4.77. The van der Waals surface area contributed by atoms with Crippen molar-refractivity contribution in [2.45, 2.75) is 18.6 Å². The molecule has 0 spiro atoms. The van der Waals surface area contributed by atoms with Gasteiger partial charge in [0.15, 0.2) is 0 Å². The molecule has 0 amide bonds. The van der Waals surface area contributed by atoms with E-state index in [-0.39, 0.29) is 24.7 Å². The molecule has 1 heterocycles. The van der Waals surface area contributed by atoms with Crippen LogP contribution in [0, 0.1) is 0 Å². The molecule has 10 heavy (non-hydrogen) atoms. The number of nitrogens with one attached hydrogen (secondary N) is 1. The Bertz CT molecular complexity index is 137. The van der Waals surface area contributed by atoms with Crippen LogP contribution >= 0.6 is 0 Å². The van der Waals surface area contributed by atoms with Crippen molar-refractivity contribution in [3.63, 3.8) is 0 Å². The third-order valence-electron chi connectivity index (χ3n) is 1.62. The first-order valence-corrected chi connectivity index (χ1v) is 3.26. The van der Waals surface area contributed by atoms with Crippen LogP contribution in [0.15, 0.2) is 0 Å². The molecule has 2 unspecified atom stereocenters. The third kappa shape index (κ3) is 1.27.